The highest BCUT2D eigenvalue weighted by molar-refractivity contribution is 14.1. The Morgan fingerprint density at radius 1 is 1.16 bits per heavy atom. The Morgan fingerprint density at radius 3 is 2.48 bits per heavy atom. The maximum atomic E-state index is 13.3. The molecule has 2 aromatic carbocycles. The molecule has 0 saturated carbocycles. The zero-order valence-corrected chi connectivity index (χ0v) is 22.1. The Labute approximate surface area is 211 Å². The van der Waals surface area contributed by atoms with E-state index in [1.54, 1.807) is 7.11 Å². The van der Waals surface area contributed by atoms with Gasteiger partial charge in [-0.05, 0) is 107 Å². The van der Waals surface area contributed by atoms with Crippen LogP contribution in [0.5, 0.6) is 5.75 Å². The average Bonchev–Trinajstić information content (AvgIpc) is 2.99. The lowest BCUT2D eigenvalue weighted by Gasteiger charge is -2.42. The van der Waals surface area contributed by atoms with Crippen molar-refractivity contribution in [3.8, 4) is 5.75 Å². The van der Waals surface area contributed by atoms with Gasteiger partial charge in [0.05, 0.1) is 25.3 Å². The molecule has 2 aliphatic heterocycles. The van der Waals surface area contributed by atoms with Gasteiger partial charge in [0.25, 0.3) is 0 Å². The van der Waals surface area contributed by atoms with E-state index in [-0.39, 0.29) is 23.8 Å². The second-order valence-corrected chi connectivity index (χ2v) is 10.8. The van der Waals surface area contributed by atoms with Crippen molar-refractivity contribution in [1.29, 1.82) is 0 Å². The number of nitrogens with zero attached hydrogens (tertiary/aromatic N) is 1. The summed E-state index contributed by atoms with van der Waals surface area (Å²) in [6, 6.07) is 13.1. The maximum Gasteiger partial charge on any atom is 0.311 e. The number of carbonyl (C=O) groups excluding carboxylic acids is 1. The number of methoxy groups -OCH3 is 1. The summed E-state index contributed by atoms with van der Waals surface area (Å²) < 4.78 is 13.3. The molecule has 2 fully saturated rings. The Hall–Kier alpha value is -1.07. The lowest BCUT2D eigenvalue weighted by Crippen LogP contribution is -2.49. The van der Waals surface area contributed by atoms with Gasteiger partial charge in [-0.25, -0.2) is 0 Å². The highest BCUT2D eigenvalue weighted by atomic mass is 127. The van der Waals surface area contributed by atoms with Crippen molar-refractivity contribution in [2.75, 3.05) is 26.5 Å². The average molecular weight is 646 g/mol. The number of carbonyl (C=O) groups is 1. The summed E-state index contributed by atoms with van der Waals surface area (Å²) in [6.07, 6.45) is 3.90. The highest BCUT2D eigenvalue weighted by Gasteiger charge is 2.49. The zero-order valence-electron chi connectivity index (χ0n) is 17.8. The molecule has 0 aromatic heterocycles. The van der Waals surface area contributed by atoms with Gasteiger partial charge in [0.15, 0.2) is 0 Å². The van der Waals surface area contributed by atoms with Crippen LogP contribution >= 0.6 is 45.2 Å². The Morgan fingerprint density at radius 2 is 1.84 bits per heavy atom. The minimum Gasteiger partial charge on any atom is -0.497 e. The summed E-state index contributed by atoms with van der Waals surface area (Å²) in [6.45, 7) is 0.389. The van der Waals surface area contributed by atoms with E-state index in [4.69, 9.17) is 15.2 Å². The summed E-state index contributed by atoms with van der Waals surface area (Å²) in [5, 5.41) is 0. The molecule has 2 aliphatic rings. The third-order valence-electron chi connectivity index (χ3n) is 6.86. The zero-order chi connectivity index (χ0) is 22.1. The van der Waals surface area contributed by atoms with Gasteiger partial charge >= 0.3 is 5.97 Å². The van der Waals surface area contributed by atoms with Crippen LogP contribution in [0.4, 0.5) is 5.69 Å². The number of fused-ring (bicyclic) bond motifs is 2. The number of esters is 1. The van der Waals surface area contributed by atoms with Crippen LogP contribution in [-0.2, 0) is 16.0 Å². The molecular weight excluding hydrogens is 618 g/mol. The van der Waals surface area contributed by atoms with Crippen LogP contribution in [0.15, 0.2) is 36.4 Å². The molecule has 0 spiro atoms. The first-order valence-electron chi connectivity index (χ1n) is 10.6. The van der Waals surface area contributed by atoms with E-state index in [9.17, 15) is 4.79 Å². The number of anilines is 1. The second-order valence-electron chi connectivity index (χ2n) is 8.50. The molecule has 4 rings (SSSR count). The summed E-state index contributed by atoms with van der Waals surface area (Å²) in [5.74, 6) is 0.818. The van der Waals surface area contributed by atoms with Crippen molar-refractivity contribution < 1.29 is 14.3 Å². The maximum absolute atomic E-state index is 13.3. The Bertz CT molecular complexity index is 927. The quantitative estimate of drug-likeness (QED) is 0.277. The molecule has 2 heterocycles. The number of nitrogens with two attached hydrogens (primary N) is 1. The molecule has 2 saturated heterocycles. The molecule has 0 amide bonds. The lowest BCUT2D eigenvalue weighted by molar-refractivity contribution is -0.153. The van der Waals surface area contributed by atoms with Crippen LogP contribution < -0.4 is 10.5 Å². The number of rotatable bonds is 6. The van der Waals surface area contributed by atoms with Gasteiger partial charge in [-0.15, -0.1) is 0 Å². The minimum absolute atomic E-state index is 0.0714. The smallest absolute Gasteiger partial charge is 0.311 e. The predicted molar refractivity (Wildman–Crippen MR) is 139 cm³/mol. The molecule has 2 aromatic rings. The number of nitrogen functional groups attached to an aromatic ring is 1. The normalized spacial score (nSPS) is 25.4. The monoisotopic (exact) mass is 646 g/mol. The van der Waals surface area contributed by atoms with E-state index in [1.165, 1.54) is 5.56 Å². The van der Waals surface area contributed by atoms with Gasteiger partial charge in [0.1, 0.15) is 5.75 Å². The third-order valence-corrected chi connectivity index (χ3v) is 8.64. The van der Waals surface area contributed by atoms with Crippen LogP contribution in [0.1, 0.15) is 36.3 Å². The fraction of sp³-hybridized carbons (Fsp3) is 0.458. The van der Waals surface area contributed by atoms with Crippen LogP contribution in [-0.4, -0.2) is 43.7 Å². The molecule has 31 heavy (non-hydrogen) atoms. The molecule has 7 heteroatoms. The van der Waals surface area contributed by atoms with Gasteiger partial charge in [0.2, 0.25) is 0 Å². The summed E-state index contributed by atoms with van der Waals surface area (Å²) in [5.41, 5.74) is 9.21. The van der Waals surface area contributed by atoms with Crippen molar-refractivity contribution in [3.63, 3.8) is 0 Å². The van der Waals surface area contributed by atoms with Crippen molar-refractivity contribution in [2.45, 2.75) is 43.7 Å². The number of benzene rings is 2. The van der Waals surface area contributed by atoms with E-state index < -0.39 is 0 Å². The SMILES string of the molecule is COc1ccc([C@H]2C[C@H]3CC[C@H]([C@H]2C(=O)OCCc2cc(I)c(N)c(I)c2)N3C)cc1. The second kappa shape index (κ2) is 9.82. The van der Waals surface area contributed by atoms with Gasteiger partial charge in [-0.1, -0.05) is 12.1 Å². The third kappa shape index (κ3) is 4.83. The topological polar surface area (TPSA) is 64.8 Å². The summed E-state index contributed by atoms with van der Waals surface area (Å²) in [4.78, 5) is 15.7. The van der Waals surface area contributed by atoms with Crippen LogP contribution in [0.25, 0.3) is 0 Å². The van der Waals surface area contributed by atoms with E-state index in [1.807, 2.05) is 12.1 Å². The first-order valence-corrected chi connectivity index (χ1v) is 12.8. The first kappa shape index (κ1) is 23.1. The Balaban J connectivity index is 1.48. The van der Waals surface area contributed by atoms with Crippen LogP contribution in [0.3, 0.4) is 0 Å². The van der Waals surface area contributed by atoms with E-state index in [2.05, 4.69) is 81.4 Å². The molecule has 0 radical (unpaired) electrons. The van der Waals surface area contributed by atoms with Crippen molar-refractivity contribution in [2.24, 2.45) is 5.92 Å². The lowest BCUT2D eigenvalue weighted by atomic mass is 9.76. The van der Waals surface area contributed by atoms with Gasteiger partial charge in [-0.3, -0.25) is 9.69 Å². The predicted octanol–water partition coefficient (Wildman–Crippen LogP) is 4.84. The van der Waals surface area contributed by atoms with Crippen LogP contribution in [0.2, 0.25) is 0 Å². The molecule has 5 nitrogen and oxygen atoms in total. The number of hydrogen-bond donors (Lipinski definition) is 1. The van der Waals surface area contributed by atoms with Crippen molar-refractivity contribution in [3.05, 3.63) is 54.7 Å². The molecule has 0 unspecified atom stereocenters. The first-order chi connectivity index (χ1) is 14.9. The van der Waals surface area contributed by atoms with E-state index in [0.717, 1.165) is 43.4 Å². The fourth-order valence-electron chi connectivity index (χ4n) is 5.13. The molecule has 166 valence electrons. The molecule has 4 atom stereocenters. The van der Waals surface area contributed by atoms with Gasteiger partial charge < -0.3 is 15.2 Å². The number of hydrogen-bond acceptors (Lipinski definition) is 5. The van der Waals surface area contributed by atoms with E-state index in [0.29, 0.717) is 19.1 Å². The largest absolute Gasteiger partial charge is 0.497 e. The molecule has 0 aliphatic carbocycles. The molecule has 2 N–H and O–H groups in total. The van der Waals surface area contributed by atoms with Crippen molar-refractivity contribution >= 4 is 56.8 Å². The molecular formula is C24H28I2N2O3. The molecule has 2 bridgehead atoms. The van der Waals surface area contributed by atoms with Crippen molar-refractivity contribution in [1.82, 2.24) is 4.90 Å². The number of piperidine rings is 1. The van der Waals surface area contributed by atoms with Gasteiger partial charge in [-0.2, -0.15) is 0 Å². The standard InChI is InChI=1S/C24H28I2N2O3/c1-28-16-5-8-21(28)22(18(13-16)15-3-6-17(30-2)7-4-15)24(29)31-10-9-14-11-19(25)23(27)20(26)12-14/h3-4,6-7,11-12,16,18,21-22H,5,8-10,13,27H2,1-2H3/t16-,18-,21-,22+/m1/s1. The fourth-order valence-corrected chi connectivity index (χ4v) is 7.03. The minimum atomic E-state index is -0.135. The highest BCUT2D eigenvalue weighted by Crippen LogP contribution is 2.46. The Kier molecular flexibility index (Phi) is 7.32. The summed E-state index contributed by atoms with van der Waals surface area (Å²) in [7, 11) is 3.83. The van der Waals surface area contributed by atoms with Gasteiger partial charge in [0, 0.05) is 31.6 Å². The number of ether oxygens (including phenoxy) is 2. The summed E-state index contributed by atoms with van der Waals surface area (Å²) >= 11 is 4.50. The van der Waals surface area contributed by atoms with Crippen LogP contribution in [0, 0.1) is 13.1 Å². The number of halogens is 2. The van der Waals surface area contributed by atoms with E-state index >= 15 is 0 Å².